The van der Waals surface area contributed by atoms with Gasteiger partial charge >= 0.3 is 5.97 Å². The minimum atomic E-state index is -0.796. The van der Waals surface area contributed by atoms with Crippen LogP contribution >= 0.6 is 0 Å². The lowest BCUT2D eigenvalue weighted by molar-refractivity contribution is -0.136. The van der Waals surface area contributed by atoms with E-state index in [0.717, 1.165) is 16.6 Å². The highest BCUT2D eigenvalue weighted by atomic mass is 16.4. The molecule has 0 spiro atoms. The zero-order valence-corrected chi connectivity index (χ0v) is 10.7. The van der Waals surface area contributed by atoms with E-state index in [9.17, 15) is 4.79 Å². The van der Waals surface area contributed by atoms with E-state index in [1.165, 1.54) is 0 Å². The van der Waals surface area contributed by atoms with Gasteiger partial charge in [0.2, 0.25) is 5.89 Å². The second-order valence-electron chi connectivity index (χ2n) is 4.58. The lowest BCUT2D eigenvalue weighted by Gasteiger charge is -1.96. The molecule has 0 saturated carbocycles. The zero-order chi connectivity index (χ0) is 13.9. The number of aryl methyl sites for hydroxylation is 1. The largest absolute Gasteiger partial charge is 0.481 e. The number of rotatable bonds is 4. The molecule has 0 aliphatic heterocycles. The van der Waals surface area contributed by atoms with Crippen molar-refractivity contribution >= 4 is 17.1 Å². The van der Waals surface area contributed by atoms with E-state index >= 15 is 0 Å². The summed E-state index contributed by atoms with van der Waals surface area (Å²) in [4.78, 5) is 15.0. The van der Waals surface area contributed by atoms with Crippen molar-refractivity contribution in [1.82, 2.24) is 4.98 Å². The zero-order valence-electron chi connectivity index (χ0n) is 10.7. The number of aliphatic carboxylic acids is 1. The highest BCUT2D eigenvalue weighted by molar-refractivity contribution is 5.77. The molecule has 0 radical (unpaired) electrons. The standard InChI is InChI=1S/C16H13NO3/c18-15(19)9-7-11-6-8-14-13(10-11)17-16(20-14)12-4-2-1-3-5-12/h1-6,8,10H,7,9H2,(H,18,19). The van der Waals surface area contributed by atoms with Crippen LogP contribution in [-0.4, -0.2) is 16.1 Å². The normalized spacial score (nSPS) is 10.8. The fourth-order valence-electron chi connectivity index (χ4n) is 2.08. The molecule has 4 heteroatoms. The van der Waals surface area contributed by atoms with Crippen LogP contribution in [0.15, 0.2) is 52.9 Å². The molecule has 3 rings (SSSR count). The van der Waals surface area contributed by atoms with Gasteiger partial charge in [0, 0.05) is 12.0 Å². The Morgan fingerprint density at radius 2 is 1.95 bits per heavy atom. The van der Waals surface area contributed by atoms with E-state index in [1.807, 2.05) is 48.5 Å². The Bertz CT molecular complexity index is 747. The molecule has 3 aromatic rings. The summed E-state index contributed by atoms with van der Waals surface area (Å²) in [5.74, 6) is -0.216. The third-order valence-electron chi connectivity index (χ3n) is 3.10. The van der Waals surface area contributed by atoms with Crippen LogP contribution in [-0.2, 0) is 11.2 Å². The van der Waals surface area contributed by atoms with Crippen molar-refractivity contribution in [2.45, 2.75) is 12.8 Å². The van der Waals surface area contributed by atoms with Crippen LogP contribution < -0.4 is 0 Å². The van der Waals surface area contributed by atoms with Crippen LogP contribution in [0, 0.1) is 0 Å². The summed E-state index contributed by atoms with van der Waals surface area (Å²) in [7, 11) is 0. The van der Waals surface area contributed by atoms with E-state index in [1.54, 1.807) is 0 Å². The van der Waals surface area contributed by atoms with Crippen molar-refractivity contribution in [1.29, 1.82) is 0 Å². The summed E-state index contributed by atoms with van der Waals surface area (Å²) in [5, 5.41) is 8.71. The second kappa shape index (κ2) is 5.17. The summed E-state index contributed by atoms with van der Waals surface area (Å²) in [5.41, 5.74) is 3.35. The van der Waals surface area contributed by atoms with Gasteiger partial charge < -0.3 is 9.52 Å². The first kappa shape index (κ1) is 12.4. The van der Waals surface area contributed by atoms with Crippen molar-refractivity contribution in [3.8, 4) is 11.5 Å². The molecule has 0 unspecified atom stereocenters. The monoisotopic (exact) mass is 267 g/mol. The summed E-state index contributed by atoms with van der Waals surface area (Å²) in [6.45, 7) is 0. The first-order valence-corrected chi connectivity index (χ1v) is 6.39. The van der Waals surface area contributed by atoms with Gasteiger partial charge in [0.1, 0.15) is 5.52 Å². The predicted molar refractivity (Wildman–Crippen MR) is 75.4 cm³/mol. The van der Waals surface area contributed by atoms with Gasteiger partial charge in [-0.05, 0) is 36.2 Å². The number of fused-ring (bicyclic) bond motifs is 1. The molecular formula is C16H13NO3. The van der Waals surface area contributed by atoms with Crippen LogP contribution in [0.1, 0.15) is 12.0 Å². The highest BCUT2D eigenvalue weighted by Crippen LogP contribution is 2.24. The number of hydrogen-bond donors (Lipinski definition) is 1. The summed E-state index contributed by atoms with van der Waals surface area (Å²) in [6, 6.07) is 15.3. The van der Waals surface area contributed by atoms with E-state index in [4.69, 9.17) is 9.52 Å². The van der Waals surface area contributed by atoms with Gasteiger partial charge in [0.15, 0.2) is 5.58 Å². The van der Waals surface area contributed by atoms with Gasteiger partial charge in [0.05, 0.1) is 0 Å². The van der Waals surface area contributed by atoms with Crippen molar-refractivity contribution in [3.63, 3.8) is 0 Å². The first-order chi connectivity index (χ1) is 9.72. The van der Waals surface area contributed by atoms with Crippen LogP contribution in [0.2, 0.25) is 0 Å². The number of carboxylic acid groups (broad SMARTS) is 1. The topological polar surface area (TPSA) is 63.3 Å². The van der Waals surface area contributed by atoms with Crippen LogP contribution in [0.3, 0.4) is 0 Å². The molecule has 0 atom stereocenters. The SMILES string of the molecule is O=C(O)CCc1ccc2oc(-c3ccccc3)nc2c1. The molecule has 0 amide bonds. The average molecular weight is 267 g/mol. The van der Waals surface area contributed by atoms with Gasteiger partial charge in [-0.15, -0.1) is 0 Å². The number of nitrogens with zero attached hydrogens (tertiary/aromatic N) is 1. The number of aromatic nitrogens is 1. The number of oxazole rings is 1. The molecule has 2 aromatic carbocycles. The maximum Gasteiger partial charge on any atom is 0.303 e. The molecule has 20 heavy (non-hydrogen) atoms. The second-order valence-corrected chi connectivity index (χ2v) is 4.58. The first-order valence-electron chi connectivity index (χ1n) is 6.39. The Morgan fingerprint density at radius 1 is 1.15 bits per heavy atom. The number of hydrogen-bond acceptors (Lipinski definition) is 3. The van der Waals surface area contributed by atoms with Gasteiger partial charge in [-0.2, -0.15) is 0 Å². The molecule has 1 N–H and O–H groups in total. The van der Waals surface area contributed by atoms with E-state index in [-0.39, 0.29) is 6.42 Å². The number of carboxylic acids is 1. The Kier molecular flexibility index (Phi) is 3.21. The van der Waals surface area contributed by atoms with E-state index < -0.39 is 5.97 Å². The minimum absolute atomic E-state index is 0.120. The van der Waals surface area contributed by atoms with Crippen LogP contribution in [0.25, 0.3) is 22.6 Å². The lowest BCUT2D eigenvalue weighted by Crippen LogP contribution is -1.97. The molecule has 100 valence electrons. The van der Waals surface area contributed by atoms with Crippen LogP contribution in [0.4, 0.5) is 0 Å². The minimum Gasteiger partial charge on any atom is -0.481 e. The van der Waals surface area contributed by atoms with Gasteiger partial charge in [-0.3, -0.25) is 4.79 Å². The molecular weight excluding hydrogens is 254 g/mol. The molecule has 0 bridgehead atoms. The predicted octanol–water partition coefficient (Wildman–Crippen LogP) is 3.51. The molecule has 1 heterocycles. The quantitative estimate of drug-likeness (QED) is 0.785. The van der Waals surface area contributed by atoms with Crippen LogP contribution in [0.5, 0.6) is 0 Å². The third-order valence-corrected chi connectivity index (χ3v) is 3.10. The fraction of sp³-hybridized carbons (Fsp3) is 0.125. The van der Waals surface area contributed by atoms with E-state index in [0.29, 0.717) is 17.9 Å². The fourth-order valence-corrected chi connectivity index (χ4v) is 2.08. The third kappa shape index (κ3) is 2.54. The highest BCUT2D eigenvalue weighted by Gasteiger charge is 2.08. The number of benzene rings is 2. The van der Waals surface area contributed by atoms with Gasteiger partial charge in [-0.1, -0.05) is 24.3 Å². The van der Waals surface area contributed by atoms with Gasteiger partial charge in [0.25, 0.3) is 0 Å². The molecule has 0 aliphatic rings. The van der Waals surface area contributed by atoms with E-state index in [2.05, 4.69) is 4.98 Å². The smallest absolute Gasteiger partial charge is 0.303 e. The Balaban J connectivity index is 1.93. The summed E-state index contributed by atoms with van der Waals surface area (Å²) >= 11 is 0. The maximum absolute atomic E-state index is 10.6. The van der Waals surface area contributed by atoms with Crippen molar-refractivity contribution in [2.24, 2.45) is 0 Å². The Morgan fingerprint density at radius 3 is 2.70 bits per heavy atom. The lowest BCUT2D eigenvalue weighted by atomic mass is 10.1. The van der Waals surface area contributed by atoms with Crippen molar-refractivity contribution < 1.29 is 14.3 Å². The van der Waals surface area contributed by atoms with Crippen molar-refractivity contribution in [3.05, 3.63) is 54.1 Å². The molecule has 4 nitrogen and oxygen atoms in total. The Labute approximate surface area is 115 Å². The molecule has 1 aromatic heterocycles. The summed E-state index contributed by atoms with van der Waals surface area (Å²) < 4.78 is 5.71. The maximum atomic E-state index is 10.6. The molecule has 0 aliphatic carbocycles. The average Bonchev–Trinajstić information content (AvgIpc) is 2.89. The Hall–Kier alpha value is -2.62. The van der Waals surface area contributed by atoms with Crippen molar-refractivity contribution in [2.75, 3.05) is 0 Å². The molecule has 0 fully saturated rings. The van der Waals surface area contributed by atoms with Gasteiger partial charge in [-0.25, -0.2) is 4.98 Å². The number of carbonyl (C=O) groups is 1. The molecule has 0 saturated heterocycles. The summed E-state index contributed by atoms with van der Waals surface area (Å²) in [6.07, 6.45) is 0.619.